The van der Waals surface area contributed by atoms with Crippen molar-refractivity contribution in [2.75, 3.05) is 19.7 Å². The number of amides is 2. The summed E-state index contributed by atoms with van der Waals surface area (Å²) >= 11 is 0. The third-order valence-electron chi connectivity index (χ3n) is 7.09. The number of hydrogen-bond donors (Lipinski definition) is 2. The maximum absolute atomic E-state index is 13.4. The van der Waals surface area contributed by atoms with Crippen molar-refractivity contribution in [3.8, 4) is 6.07 Å². The highest BCUT2D eigenvalue weighted by Gasteiger charge is 2.60. The highest BCUT2D eigenvalue weighted by atomic mass is 32.2. The van der Waals surface area contributed by atoms with E-state index in [0.717, 1.165) is 5.56 Å². The molecule has 2 aromatic rings. The molecule has 0 saturated heterocycles. The van der Waals surface area contributed by atoms with Crippen molar-refractivity contribution in [3.05, 3.63) is 52.3 Å². The van der Waals surface area contributed by atoms with Gasteiger partial charge in [0.1, 0.15) is 5.69 Å². The van der Waals surface area contributed by atoms with E-state index in [0.29, 0.717) is 49.8 Å². The van der Waals surface area contributed by atoms with Crippen molar-refractivity contribution in [1.29, 1.82) is 5.26 Å². The first-order valence-electron chi connectivity index (χ1n) is 11.8. The Kier molecular flexibility index (Phi) is 5.89. The zero-order valence-electron chi connectivity index (χ0n) is 19.2. The van der Waals surface area contributed by atoms with Crippen LogP contribution in [0.3, 0.4) is 0 Å². The van der Waals surface area contributed by atoms with Gasteiger partial charge in [0.15, 0.2) is 15.5 Å². The number of carbonyl (C=O) groups is 2. The Bertz CT molecular complexity index is 1320. The normalized spacial score (nSPS) is 18.6. The number of aromatic nitrogens is 2. The van der Waals surface area contributed by atoms with Gasteiger partial charge in [-0.1, -0.05) is 12.1 Å². The highest BCUT2D eigenvalue weighted by Crippen LogP contribution is 2.50. The Balaban J connectivity index is 1.35. The molecule has 1 aromatic heterocycles. The minimum Gasteiger partial charge on any atom is -0.394 e. The van der Waals surface area contributed by atoms with Crippen LogP contribution in [-0.2, 0) is 29.3 Å². The van der Waals surface area contributed by atoms with Crippen LogP contribution in [0.4, 0.5) is 0 Å². The van der Waals surface area contributed by atoms with Gasteiger partial charge in [-0.25, -0.2) is 8.42 Å². The number of nitrogens with zero attached hydrogens (tertiary/aromatic N) is 4. The van der Waals surface area contributed by atoms with Gasteiger partial charge >= 0.3 is 0 Å². The Morgan fingerprint density at radius 3 is 2.57 bits per heavy atom. The van der Waals surface area contributed by atoms with Crippen LogP contribution in [0.15, 0.2) is 24.3 Å². The summed E-state index contributed by atoms with van der Waals surface area (Å²) in [6.07, 6.45) is 2.92. The van der Waals surface area contributed by atoms with Crippen LogP contribution in [0.2, 0.25) is 0 Å². The van der Waals surface area contributed by atoms with Crippen molar-refractivity contribution in [2.24, 2.45) is 0 Å². The van der Waals surface area contributed by atoms with E-state index in [1.54, 1.807) is 29.2 Å². The summed E-state index contributed by atoms with van der Waals surface area (Å²) in [6.45, 7) is 0.501. The predicted molar refractivity (Wildman–Crippen MR) is 125 cm³/mol. The third kappa shape index (κ3) is 4.21. The topological polar surface area (TPSA) is 145 Å². The predicted octanol–water partition coefficient (Wildman–Crippen LogP) is 0.785. The van der Waals surface area contributed by atoms with Gasteiger partial charge in [0.05, 0.1) is 34.8 Å². The molecule has 5 rings (SSSR count). The molecule has 11 heteroatoms. The molecule has 1 aromatic carbocycles. The molecule has 0 radical (unpaired) electrons. The Hall–Kier alpha value is -3.23. The Morgan fingerprint density at radius 1 is 1.26 bits per heavy atom. The first-order chi connectivity index (χ1) is 16.8. The lowest BCUT2D eigenvalue weighted by molar-refractivity contribution is 0.0721. The molecule has 2 N–H and O–H groups in total. The SMILES string of the molecule is N#Cc1ccc(CNC(=O)c2nn(CCO)c3c2CCN(CC2(S(=O)(=O)C4CC4)CC2)C3=O)cc1. The molecular weight excluding hydrogens is 470 g/mol. The van der Waals surface area contributed by atoms with Gasteiger partial charge in [0.25, 0.3) is 11.8 Å². The van der Waals surface area contributed by atoms with E-state index in [1.165, 1.54) is 4.68 Å². The number of nitrogens with one attached hydrogen (secondary N) is 1. The molecule has 0 unspecified atom stereocenters. The van der Waals surface area contributed by atoms with Crippen LogP contribution in [0, 0.1) is 11.3 Å². The molecular formula is C24H27N5O5S. The van der Waals surface area contributed by atoms with Gasteiger partial charge in [-0.05, 0) is 49.8 Å². The van der Waals surface area contributed by atoms with E-state index < -0.39 is 20.5 Å². The van der Waals surface area contributed by atoms with Gasteiger partial charge in [0.2, 0.25) is 0 Å². The van der Waals surface area contributed by atoms with E-state index in [1.807, 2.05) is 6.07 Å². The average molecular weight is 498 g/mol. The number of nitriles is 1. The number of carbonyl (C=O) groups excluding carboxylic acids is 2. The standard InChI is InChI=1S/C24H27N5O5S/c25-13-16-1-3-17(4-2-16)14-26-22(31)20-19-7-10-28(23(32)21(19)29(27-20)11-12-30)15-24(8-9-24)35(33,34)18-5-6-18/h1-4,18,30H,5-12,14-15H2,(H,26,31). The second-order valence-electron chi connectivity index (χ2n) is 9.52. The molecule has 2 fully saturated rings. The van der Waals surface area contributed by atoms with Gasteiger partial charge in [-0.15, -0.1) is 0 Å². The number of fused-ring (bicyclic) bond motifs is 1. The molecule has 2 heterocycles. The summed E-state index contributed by atoms with van der Waals surface area (Å²) in [5.41, 5.74) is 2.25. The van der Waals surface area contributed by atoms with Crippen LogP contribution >= 0.6 is 0 Å². The highest BCUT2D eigenvalue weighted by molar-refractivity contribution is 7.94. The van der Waals surface area contributed by atoms with Crippen LogP contribution in [0.1, 0.15) is 63.4 Å². The lowest BCUT2D eigenvalue weighted by Gasteiger charge is -2.31. The van der Waals surface area contributed by atoms with Crippen LogP contribution < -0.4 is 5.32 Å². The number of aliphatic hydroxyl groups is 1. The van der Waals surface area contributed by atoms with Gasteiger partial charge in [-0.3, -0.25) is 14.3 Å². The van der Waals surface area contributed by atoms with Gasteiger partial charge < -0.3 is 15.3 Å². The van der Waals surface area contributed by atoms with Crippen molar-refractivity contribution in [3.63, 3.8) is 0 Å². The number of hydrogen-bond acceptors (Lipinski definition) is 7. The lowest BCUT2D eigenvalue weighted by atomic mass is 10.0. The van der Waals surface area contributed by atoms with E-state index in [-0.39, 0.29) is 48.8 Å². The average Bonchev–Trinajstić information content (AvgIpc) is 3.78. The molecule has 2 aliphatic carbocycles. The fraction of sp³-hybridized carbons (Fsp3) is 0.500. The van der Waals surface area contributed by atoms with Crippen molar-refractivity contribution in [1.82, 2.24) is 20.0 Å². The smallest absolute Gasteiger partial charge is 0.272 e. The van der Waals surface area contributed by atoms with Gasteiger partial charge in [-0.2, -0.15) is 10.4 Å². The zero-order valence-corrected chi connectivity index (χ0v) is 20.1. The Labute approximate surface area is 203 Å². The molecule has 184 valence electrons. The molecule has 35 heavy (non-hydrogen) atoms. The van der Waals surface area contributed by atoms with Crippen LogP contribution in [0.5, 0.6) is 0 Å². The fourth-order valence-electron chi connectivity index (χ4n) is 4.78. The summed E-state index contributed by atoms with van der Waals surface area (Å²) in [4.78, 5) is 28.0. The summed E-state index contributed by atoms with van der Waals surface area (Å²) < 4.78 is 26.4. The number of rotatable bonds is 9. The Morgan fingerprint density at radius 2 is 1.97 bits per heavy atom. The van der Waals surface area contributed by atoms with E-state index in [9.17, 15) is 23.1 Å². The third-order valence-corrected chi connectivity index (χ3v) is 10.2. The molecule has 2 saturated carbocycles. The van der Waals surface area contributed by atoms with Crippen LogP contribution in [-0.4, -0.2) is 69.7 Å². The first kappa shape index (κ1) is 23.5. The zero-order chi connectivity index (χ0) is 24.8. The fourth-order valence-corrected chi connectivity index (χ4v) is 7.25. The second kappa shape index (κ2) is 8.77. The van der Waals surface area contributed by atoms with E-state index in [4.69, 9.17) is 5.26 Å². The van der Waals surface area contributed by atoms with Gasteiger partial charge in [0, 0.05) is 25.2 Å². The van der Waals surface area contributed by atoms with Crippen molar-refractivity contribution in [2.45, 2.75) is 55.2 Å². The van der Waals surface area contributed by atoms with E-state index >= 15 is 0 Å². The number of aliphatic hydroxyl groups excluding tert-OH is 1. The molecule has 0 atom stereocenters. The summed E-state index contributed by atoms with van der Waals surface area (Å²) in [7, 11) is -3.26. The largest absolute Gasteiger partial charge is 0.394 e. The van der Waals surface area contributed by atoms with Crippen molar-refractivity contribution >= 4 is 21.7 Å². The molecule has 3 aliphatic rings. The molecule has 2 amide bonds. The number of benzene rings is 1. The maximum atomic E-state index is 13.4. The van der Waals surface area contributed by atoms with Crippen LogP contribution in [0.25, 0.3) is 0 Å². The molecule has 1 aliphatic heterocycles. The minimum atomic E-state index is -3.26. The second-order valence-corrected chi connectivity index (χ2v) is 12.1. The molecule has 0 bridgehead atoms. The molecule has 10 nitrogen and oxygen atoms in total. The quantitative estimate of drug-likeness (QED) is 0.521. The van der Waals surface area contributed by atoms with Crippen molar-refractivity contribution < 1.29 is 23.1 Å². The summed E-state index contributed by atoms with van der Waals surface area (Å²) in [6, 6.07) is 8.89. The summed E-state index contributed by atoms with van der Waals surface area (Å²) in [5, 5.41) is 25.3. The lowest BCUT2D eigenvalue weighted by Crippen LogP contribution is -2.47. The maximum Gasteiger partial charge on any atom is 0.272 e. The minimum absolute atomic E-state index is 0.0519. The first-order valence-corrected chi connectivity index (χ1v) is 13.3. The molecule has 0 spiro atoms. The monoisotopic (exact) mass is 497 g/mol. The van der Waals surface area contributed by atoms with E-state index in [2.05, 4.69) is 10.4 Å². The number of sulfone groups is 1. The summed E-state index contributed by atoms with van der Waals surface area (Å²) in [5.74, 6) is -0.783.